The van der Waals surface area contributed by atoms with E-state index in [0.29, 0.717) is 18.0 Å². The fourth-order valence-corrected chi connectivity index (χ4v) is 2.41. The van der Waals surface area contributed by atoms with Crippen molar-refractivity contribution in [1.29, 1.82) is 0 Å². The summed E-state index contributed by atoms with van der Waals surface area (Å²) >= 11 is 5.93. The molecule has 1 N–H and O–H groups in total. The number of H-pyrrole nitrogens is 1. The zero-order valence-corrected chi connectivity index (χ0v) is 13.4. The van der Waals surface area contributed by atoms with Crippen LogP contribution in [0.3, 0.4) is 0 Å². The highest BCUT2D eigenvalue weighted by Gasteiger charge is 2.34. The van der Waals surface area contributed by atoms with Gasteiger partial charge in [0.15, 0.2) is 0 Å². The number of nitrogens with zero attached hydrogens (tertiary/aromatic N) is 4. The number of fused-ring (bicyclic) bond motifs is 1. The van der Waals surface area contributed by atoms with Gasteiger partial charge in [-0.3, -0.25) is 0 Å². The molecule has 0 amide bonds. The maximum absolute atomic E-state index is 12.7. The van der Waals surface area contributed by atoms with E-state index in [1.807, 2.05) is 0 Å². The summed E-state index contributed by atoms with van der Waals surface area (Å²) in [6, 6.07) is 6.77. The van der Waals surface area contributed by atoms with Gasteiger partial charge in [0.1, 0.15) is 11.6 Å². The maximum Gasteiger partial charge on any atom is 0.451 e. The average Bonchev–Trinajstić information content (AvgIpc) is 2.94. The second-order valence-electron chi connectivity index (χ2n) is 5.25. The number of hydrogen-bond acceptors (Lipinski definition) is 4. The Morgan fingerprint density at radius 1 is 1.21 bits per heavy atom. The molecule has 0 saturated carbocycles. The van der Waals surface area contributed by atoms with Crippen LogP contribution in [0.4, 0.5) is 19.0 Å². The number of anilines is 1. The lowest BCUT2D eigenvalue weighted by molar-refractivity contribution is -0.144. The summed E-state index contributed by atoms with van der Waals surface area (Å²) in [7, 11) is 1.67. The van der Waals surface area contributed by atoms with E-state index in [0.717, 1.165) is 23.1 Å². The number of rotatable bonds is 4. The minimum Gasteiger partial charge on any atom is -0.359 e. The molecule has 0 spiro atoms. The SMILES string of the molecule is CN(CCc1nc2ccc(Cl)cc2[nH]1)c1ccnc(C(F)(F)F)n1. The van der Waals surface area contributed by atoms with Gasteiger partial charge in [0.2, 0.25) is 5.82 Å². The zero-order valence-electron chi connectivity index (χ0n) is 12.6. The van der Waals surface area contributed by atoms with E-state index in [-0.39, 0.29) is 5.82 Å². The number of halogens is 4. The van der Waals surface area contributed by atoms with Gasteiger partial charge in [-0.25, -0.2) is 15.0 Å². The summed E-state index contributed by atoms with van der Waals surface area (Å²) in [5.41, 5.74) is 1.61. The van der Waals surface area contributed by atoms with Gasteiger partial charge >= 0.3 is 6.18 Å². The van der Waals surface area contributed by atoms with Crippen molar-refractivity contribution in [3.05, 3.63) is 47.1 Å². The quantitative estimate of drug-likeness (QED) is 0.775. The van der Waals surface area contributed by atoms with Crippen molar-refractivity contribution < 1.29 is 13.2 Å². The molecular formula is C15H13ClF3N5. The second-order valence-corrected chi connectivity index (χ2v) is 5.69. The lowest BCUT2D eigenvalue weighted by Gasteiger charge is -2.18. The molecule has 2 heterocycles. The maximum atomic E-state index is 12.7. The van der Waals surface area contributed by atoms with Gasteiger partial charge in [0.25, 0.3) is 0 Å². The fourth-order valence-electron chi connectivity index (χ4n) is 2.24. The van der Waals surface area contributed by atoms with Crippen molar-refractivity contribution in [1.82, 2.24) is 19.9 Å². The Bertz CT molecular complexity index is 862. The molecule has 0 aliphatic carbocycles. The first-order valence-electron chi connectivity index (χ1n) is 7.08. The lowest BCUT2D eigenvalue weighted by atomic mass is 10.3. The molecule has 0 atom stereocenters. The van der Waals surface area contributed by atoms with Crippen molar-refractivity contribution in [2.45, 2.75) is 12.6 Å². The van der Waals surface area contributed by atoms with E-state index in [1.54, 1.807) is 30.1 Å². The molecule has 126 valence electrons. The minimum absolute atomic E-state index is 0.205. The van der Waals surface area contributed by atoms with Crippen LogP contribution in [-0.4, -0.2) is 33.5 Å². The Labute approximate surface area is 140 Å². The number of likely N-dealkylation sites (N-methyl/N-ethyl adjacent to an activating group) is 1. The second kappa shape index (κ2) is 6.27. The van der Waals surface area contributed by atoms with Crippen LogP contribution in [0.15, 0.2) is 30.5 Å². The molecule has 0 radical (unpaired) electrons. The Morgan fingerprint density at radius 3 is 2.75 bits per heavy atom. The zero-order chi connectivity index (χ0) is 17.3. The summed E-state index contributed by atoms with van der Waals surface area (Å²) in [5, 5.41) is 0.607. The van der Waals surface area contributed by atoms with Crippen LogP contribution in [0.2, 0.25) is 5.02 Å². The number of hydrogen-bond donors (Lipinski definition) is 1. The number of nitrogens with one attached hydrogen (secondary N) is 1. The molecule has 0 bridgehead atoms. The van der Waals surface area contributed by atoms with E-state index in [9.17, 15) is 13.2 Å². The molecule has 3 aromatic rings. The predicted octanol–water partition coefficient (Wildman–Crippen LogP) is 3.70. The molecule has 24 heavy (non-hydrogen) atoms. The largest absolute Gasteiger partial charge is 0.451 e. The smallest absolute Gasteiger partial charge is 0.359 e. The Hall–Kier alpha value is -2.35. The van der Waals surface area contributed by atoms with Gasteiger partial charge in [0, 0.05) is 31.2 Å². The standard InChI is InChI=1S/C15H13ClF3N5/c1-24(13-4-6-20-14(23-13)15(17,18)19)7-5-12-21-10-3-2-9(16)8-11(10)22-12/h2-4,6,8H,5,7H2,1H3,(H,21,22). The highest BCUT2D eigenvalue weighted by molar-refractivity contribution is 6.31. The van der Waals surface area contributed by atoms with Crippen molar-refractivity contribution in [2.75, 3.05) is 18.5 Å². The fraction of sp³-hybridized carbons (Fsp3) is 0.267. The van der Waals surface area contributed by atoms with Crippen LogP contribution in [0.5, 0.6) is 0 Å². The van der Waals surface area contributed by atoms with Crippen molar-refractivity contribution in [2.24, 2.45) is 0 Å². The minimum atomic E-state index is -4.56. The van der Waals surface area contributed by atoms with Crippen LogP contribution < -0.4 is 4.90 Å². The van der Waals surface area contributed by atoms with E-state index < -0.39 is 12.0 Å². The Kier molecular flexibility index (Phi) is 4.31. The molecule has 0 fully saturated rings. The van der Waals surface area contributed by atoms with E-state index in [2.05, 4.69) is 19.9 Å². The first kappa shape index (κ1) is 16.5. The van der Waals surface area contributed by atoms with Gasteiger partial charge in [-0.15, -0.1) is 0 Å². The van der Waals surface area contributed by atoms with Gasteiger partial charge in [-0.1, -0.05) is 11.6 Å². The van der Waals surface area contributed by atoms with Gasteiger partial charge < -0.3 is 9.88 Å². The van der Waals surface area contributed by atoms with E-state index in [1.165, 1.54) is 6.07 Å². The Balaban J connectivity index is 1.71. The Morgan fingerprint density at radius 2 is 2.00 bits per heavy atom. The van der Waals surface area contributed by atoms with Crippen molar-refractivity contribution >= 4 is 28.5 Å². The van der Waals surface area contributed by atoms with Gasteiger partial charge in [-0.05, 0) is 24.3 Å². The number of aromatic amines is 1. The van der Waals surface area contributed by atoms with Gasteiger partial charge in [0.05, 0.1) is 11.0 Å². The van der Waals surface area contributed by atoms with Crippen molar-refractivity contribution in [3.63, 3.8) is 0 Å². The highest BCUT2D eigenvalue weighted by Crippen LogP contribution is 2.27. The molecule has 5 nitrogen and oxygen atoms in total. The summed E-state index contributed by atoms with van der Waals surface area (Å²) < 4.78 is 38.0. The van der Waals surface area contributed by atoms with Crippen molar-refractivity contribution in [3.8, 4) is 0 Å². The van der Waals surface area contributed by atoms with Crippen LogP contribution in [0.25, 0.3) is 11.0 Å². The molecule has 9 heteroatoms. The third-order valence-electron chi connectivity index (χ3n) is 3.46. The van der Waals surface area contributed by atoms with Crippen LogP contribution in [-0.2, 0) is 12.6 Å². The summed E-state index contributed by atoms with van der Waals surface area (Å²) in [6.45, 7) is 0.446. The summed E-state index contributed by atoms with van der Waals surface area (Å²) in [5.74, 6) is -0.217. The molecule has 0 aliphatic heterocycles. The average molecular weight is 356 g/mol. The molecular weight excluding hydrogens is 343 g/mol. The molecule has 1 aromatic carbocycles. The van der Waals surface area contributed by atoms with Crippen LogP contribution >= 0.6 is 11.6 Å². The summed E-state index contributed by atoms with van der Waals surface area (Å²) in [6.07, 6.45) is -2.94. The molecule has 3 rings (SSSR count). The van der Waals surface area contributed by atoms with Crippen LogP contribution in [0, 0.1) is 0 Å². The summed E-state index contributed by atoms with van der Waals surface area (Å²) in [4.78, 5) is 16.0. The molecule has 0 aliphatic rings. The van der Waals surface area contributed by atoms with Crippen LogP contribution in [0.1, 0.15) is 11.6 Å². The molecule has 2 aromatic heterocycles. The number of benzene rings is 1. The van der Waals surface area contributed by atoms with E-state index in [4.69, 9.17) is 11.6 Å². The number of aromatic nitrogens is 4. The number of alkyl halides is 3. The number of imidazole rings is 1. The molecule has 0 unspecified atom stereocenters. The molecule has 0 saturated heterocycles. The topological polar surface area (TPSA) is 57.7 Å². The normalized spacial score (nSPS) is 11.9. The van der Waals surface area contributed by atoms with Gasteiger partial charge in [-0.2, -0.15) is 13.2 Å². The third-order valence-corrected chi connectivity index (χ3v) is 3.70. The predicted molar refractivity (Wildman–Crippen MR) is 85.1 cm³/mol. The highest BCUT2D eigenvalue weighted by atomic mass is 35.5. The first-order chi connectivity index (χ1) is 11.3. The third kappa shape index (κ3) is 3.59. The first-order valence-corrected chi connectivity index (χ1v) is 7.46. The lowest BCUT2D eigenvalue weighted by Crippen LogP contribution is -2.23. The monoisotopic (exact) mass is 355 g/mol. The van der Waals surface area contributed by atoms with E-state index >= 15 is 0 Å².